The molecule has 0 saturated heterocycles. The molecule has 1 saturated carbocycles. The molecule has 3 rings (SSSR count). The van der Waals surface area contributed by atoms with Crippen LogP contribution in [0.3, 0.4) is 0 Å². The van der Waals surface area contributed by atoms with Crippen LogP contribution < -0.4 is 11.1 Å². The van der Waals surface area contributed by atoms with Crippen LogP contribution in [0.5, 0.6) is 0 Å². The van der Waals surface area contributed by atoms with Crippen molar-refractivity contribution in [1.82, 2.24) is 4.98 Å². The van der Waals surface area contributed by atoms with Crippen LogP contribution in [0.2, 0.25) is 0 Å². The number of alkyl halides is 3. The normalized spacial score (nSPS) is 23.6. The van der Waals surface area contributed by atoms with Gasteiger partial charge in [-0.05, 0) is 63.1 Å². The Hall–Kier alpha value is -2.34. The Balaban J connectivity index is 1.61. The number of fused-ring (bicyclic) bond motifs is 1. The van der Waals surface area contributed by atoms with Crippen LogP contribution in [-0.4, -0.2) is 35.7 Å². The lowest BCUT2D eigenvalue weighted by Crippen LogP contribution is -2.44. The second-order valence-corrected chi connectivity index (χ2v) is 10.0. The molecular formula is C19H24F3N3O5S. The zero-order valence-corrected chi connectivity index (χ0v) is 17.6. The van der Waals surface area contributed by atoms with Crippen LogP contribution >= 0.6 is 0 Å². The number of benzene rings is 1. The van der Waals surface area contributed by atoms with E-state index < -0.39 is 38.4 Å². The molecule has 0 aliphatic heterocycles. The molecule has 0 radical (unpaired) electrons. The van der Waals surface area contributed by atoms with Crippen molar-refractivity contribution in [2.75, 3.05) is 11.9 Å². The number of amides is 1. The van der Waals surface area contributed by atoms with Gasteiger partial charge in [-0.3, -0.25) is 9.35 Å². The minimum absolute atomic E-state index is 0.0212. The fraction of sp³-hybridized carbons (Fsp3) is 0.579. The van der Waals surface area contributed by atoms with Gasteiger partial charge < -0.3 is 15.5 Å². The van der Waals surface area contributed by atoms with Gasteiger partial charge in [0.1, 0.15) is 5.52 Å². The van der Waals surface area contributed by atoms with Gasteiger partial charge in [-0.1, -0.05) is 0 Å². The quantitative estimate of drug-likeness (QED) is 0.534. The molecular weight excluding hydrogens is 439 g/mol. The summed E-state index contributed by atoms with van der Waals surface area (Å²) in [5.74, 6) is -0.483. The standard InChI is InChI=1S/C19H24F3N3O5S/c1-11(31(27,28)29)9-18(16(23)26)6-4-12(5-7-18)10-24-17-25-14-3-2-13(19(20,21)22)8-15(14)30-17/h2-3,8,11-12H,4-7,9-10H2,1H3,(H2,23,26)(H,24,25)(H,27,28,29). The lowest BCUT2D eigenvalue weighted by Gasteiger charge is -2.38. The Kier molecular flexibility index (Phi) is 6.25. The third-order valence-corrected chi connectivity index (χ3v) is 7.21. The van der Waals surface area contributed by atoms with Crippen LogP contribution in [0.25, 0.3) is 11.1 Å². The summed E-state index contributed by atoms with van der Waals surface area (Å²) in [5, 5.41) is 1.87. The van der Waals surface area contributed by atoms with Crippen molar-refractivity contribution < 1.29 is 35.4 Å². The summed E-state index contributed by atoms with van der Waals surface area (Å²) in [7, 11) is -4.27. The molecule has 4 N–H and O–H groups in total. The molecule has 0 spiro atoms. The Bertz CT molecular complexity index is 1060. The first-order chi connectivity index (χ1) is 14.3. The molecule has 172 valence electrons. The molecule has 1 heterocycles. The van der Waals surface area contributed by atoms with E-state index in [1.54, 1.807) is 0 Å². The lowest BCUT2D eigenvalue weighted by molar-refractivity contribution is -0.137. The summed E-state index contributed by atoms with van der Waals surface area (Å²) in [6, 6.07) is 3.17. The van der Waals surface area contributed by atoms with Crippen LogP contribution in [0.1, 0.15) is 44.6 Å². The van der Waals surface area contributed by atoms with E-state index >= 15 is 0 Å². The highest BCUT2D eigenvalue weighted by Crippen LogP contribution is 2.43. The van der Waals surface area contributed by atoms with Gasteiger partial charge in [0.15, 0.2) is 5.58 Å². The number of nitrogens with zero attached hydrogens (tertiary/aromatic N) is 1. The average Bonchev–Trinajstić information content (AvgIpc) is 3.08. The van der Waals surface area contributed by atoms with Gasteiger partial charge in [0.2, 0.25) is 5.91 Å². The number of carbonyl (C=O) groups is 1. The van der Waals surface area contributed by atoms with Crippen LogP contribution in [0.4, 0.5) is 19.2 Å². The first-order valence-electron chi connectivity index (χ1n) is 9.78. The summed E-state index contributed by atoms with van der Waals surface area (Å²) in [5.41, 5.74) is 4.05. The predicted octanol–water partition coefficient (Wildman–Crippen LogP) is 3.59. The number of rotatable bonds is 7. The largest absolute Gasteiger partial charge is 0.424 e. The second-order valence-electron chi connectivity index (χ2n) is 8.20. The fourth-order valence-corrected chi connectivity index (χ4v) is 4.58. The van der Waals surface area contributed by atoms with Crippen molar-refractivity contribution >= 4 is 33.1 Å². The Labute approximate surface area is 177 Å². The Morgan fingerprint density at radius 1 is 1.39 bits per heavy atom. The second kappa shape index (κ2) is 8.30. The van der Waals surface area contributed by atoms with Crippen molar-refractivity contribution in [3.63, 3.8) is 0 Å². The molecule has 12 heteroatoms. The SMILES string of the molecule is CC(CC1(C(N)=O)CCC(CNc2nc3ccc(C(F)(F)F)cc3o2)CC1)S(=O)(=O)O. The van der Waals surface area contributed by atoms with Gasteiger partial charge in [0, 0.05) is 6.54 Å². The Morgan fingerprint density at radius 2 is 2.03 bits per heavy atom. The van der Waals surface area contributed by atoms with E-state index in [0.29, 0.717) is 37.7 Å². The maximum Gasteiger partial charge on any atom is 0.416 e. The summed E-state index contributed by atoms with van der Waals surface area (Å²) in [4.78, 5) is 16.2. The van der Waals surface area contributed by atoms with Gasteiger partial charge in [-0.25, -0.2) is 0 Å². The lowest BCUT2D eigenvalue weighted by atomic mass is 9.67. The predicted molar refractivity (Wildman–Crippen MR) is 107 cm³/mol. The highest BCUT2D eigenvalue weighted by atomic mass is 32.2. The minimum atomic E-state index is -4.48. The Morgan fingerprint density at radius 3 is 2.58 bits per heavy atom. The number of oxazole rings is 1. The van der Waals surface area contributed by atoms with Gasteiger partial charge in [-0.2, -0.15) is 26.6 Å². The monoisotopic (exact) mass is 463 g/mol. The van der Waals surface area contributed by atoms with E-state index in [1.165, 1.54) is 13.0 Å². The highest BCUT2D eigenvalue weighted by Gasteiger charge is 2.43. The van der Waals surface area contributed by atoms with Crippen LogP contribution in [-0.2, 0) is 21.1 Å². The average molecular weight is 463 g/mol. The number of hydrogen-bond acceptors (Lipinski definition) is 6. The van der Waals surface area contributed by atoms with Crippen molar-refractivity contribution in [2.45, 2.75) is 50.5 Å². The van der Waals surface area contributed by atoms with Gasteiger partial charge in [-0.15, -0.1) is 0 Å². The molecule has 0 bridgehead atoms. The van der Waals surface area contributed by atoms with Crippen LogP contribution in [0, 0.1) is 11.3 Å². The number of anilines is 1. The minimum Gasteiger partial charge on any atom is -0.424 e. The van der Waals surface area contributed by atoms with Crippen molar-refractivity contribution in [2.24, 2.45) is 17.1 Å². The van der Waals surface area contributed by atoms with E-state index in [-0.39, 0.29) is 23.9 Å². The van der Waals surface area contributed by atoms with E-state index in [4.69, 9.17) is 10.2 Å². The van der Waals surface area contributed by atoms with Gasteiger partial charge >= 0.3 is 6.18 Å². The molecule has 1 amide bonds. The maximum absolute atomic E-state index is 12.8. The summed E-state index contributed by atoms with van der Waals surface area (Å²) < 4.78 is 75.8. The third-order valence-electron chi connectivity index (χ3n) is 6.03. The van der Waals surface area contributed by atoms with Crippen molar-refractivity contribution in [3.8, 4) is 0 Å². The molecule has 8 nitrogen and oxygen atoms in total. The van der Waals surface area contributed by atoms with E-state index in [9.17, 15) is 30.9 Å². The zero-order valence-electron chi connectivity index (χ0n) is 16.8. The topological polar surface area (TPSA) is 136 Å². The smallest absolute Gasteiger partial charge is 0.416 e. The first kappa shape index (κ1) is 23.3. The summed E-state index contributed by atoms with van der Waals surface area (Å²) >= 11 is 0. The number of nitrogens with two attached hydrogens (primary N) is 1. The molecule has 1 aliphatic carbocycles. The summed E-state index contributed by atoms with van der Waals surface area (Å²) in [6.07, 6.45) is -2.63. The number of nitrogens with one attached hydrogen (secondary N) is 1. The number of hydrogen-bond donors (Lipinski definition) is 3. The molecule has 1 aromatic heterocycles. The van der Waals surface area contributed by atoms with E-state index in [2.05, 4.69) is 10.3 Å². The number of carbonyl (C=O) groups excluding carboxylic acids is 1. The van der Waals surface area contributed by atoms with Gasteiger partial charge in [0.25, 0.3) is 16.1 Å². The zero-order chi connectivity index (χ0) is 23.0. The van der Waals surface area contributed by atoms with Crippen molar-refractivity contribution in [3.05, 3.63) is 23.8 Å². The number of halogens is 3. The molecule has 1 unspecified atom stereocenters. The highest BCUT2D eigenvalue weighted by molar-refractivity contribution is 7.86. The molecule has 1 aliphatic rings. The molecule has 1 fully saturated rings. The first-order valence-corrected chi connectivity index (χ1v) is 11.3. The van der Waals surface area contributed by atoms with E-state index in [0.717, 1.165) is 12.1 Å². The summed E-state index contributed by atoms with van der Waals surface area (Å²) in [6.45, 7) is 1.76. The van der Waals surface area contributed by atoms with Crippen LogP contribution in [0.15, 0.2) is 22.6 Å². The molecule has 1 aromatic carbocycles. The number of aromatic nitrogens is 1. The molecule has 31 heavy (non-hydrogen) atoms. The maximum atomic E-state index is 12.8. The molecule has 1 atom stereocenters. The van der Waals surface area contributed by atoms with Gasteiger partial charge in [0.05, 0.1) is 16.2 Å². The third kappa shape index (κ3) is 5.29. The van der Waals surface area contributed by atoms with E-state index in [1.807, 2.05) is 0 Å². The fourth-order valence-electron chi connectivity index (χ4n) is 4.05. The number of primary amides is 1. The van der Waals surface area contributed by atoms with Crippen molar-refractivity contribution in [1.29, 1.82) is 0 Å². The molecule has 2 aromatic rings.